The van der Waals surface area contributed by atoms with Gasteiger partial charge in [0.2, 0.25) is 0 Å². The summed E-state index contributed by atoms with van der Waals surface area (Å²) in [5.74, 6) is 0.713. The molecule has 0 fully saturated rings. The second-order valence-electron chi connectivity index (χ2n) is 7.73. The summed E-state index contributed by atoms with van der Waals surface area (Å²) in [6.45, 7) is 2.71. The normalized spacial score (nSPS) is 14.3. The minimum absolute atomic E-state index is 0.00394. The van der Waals surface area contributed by atoms with Gasteiger partial charge in [0.05, 0.1) is 35.9 Å². The highest BCUT2D eigenvalue weighted by molar-refractivity contribution is 6.09. The molecule has 160 valence electrons. The monoisotopic (exact) mass is 417 g/mol. The summed E-state index contributed by atoms with van der Waals surface area (Å²) < 4.78 is 7.25. The molecule has 0 saturated heterocycles. The Balaban J connectivity index is 1.92. The van der Waals surface area contributed by atoms with E-state index in [1.54, 1.807) is 32.0 Å². The summed E-state index contributed by atoms with van der Waals surface area (Å²) in [6, 6.07) is 8.00. The van der Waals surface area contributed by atoms with Gasteiger partial charge in [-0.1, -0.05) is 0 Å². The quantitative estimate of drug-likeness (QED) is 0.658. The Morgan fingerprint density at radius 2 is 2.06 bits per heavy atom. The van der Waals surface area contributed by atoms with Crippen LogP contribution in [0.4, 0.5) is 11.4 Å². The summed E-state index contributed by atoms with van der Waals surface area (Å²) in [5, 5.41) is 1.01. The van der Waals surface area contributed by atoms with Gasteiger partial charge in [-0.3, -0.25) is 14.8 Å². The van der Waals surface area contributed by atoms with Crippen molar-refractivity contribution in [3.05, 3.63) is 63.8 Å². The van der Waals surface area contributed by atoms with Gasteiger partial charge >= 0.3 is 0 Å². The molecule has 0 unspecified atom stereocenters. The van der Waals surface area contributed by atoms with Gasteiger partial charge < -0.3 is 19.9 Å². The minimum Gasteiger partial charge on any atom is -0.497 e. The molecule has 31 heavy (non-hydrogen) atoms. The maximum absolute atomic E-state index is 12.5. The molecule has 3 aromatic rings. The summed E-state index contributed by atoms with van der Waals surface area (Å²) in [7, 11) is 5.16. The van der Waals surface area contributed by atoms with E-state index in [4.69, 9.17) is 10.5 Å². The largest absolute Gasteiger partial charge is 0.497 e. The van der Waals surface area contributed by atoms with Crippen LogP contribution in [0.3, 0.4) is 0 Å². The second-order valence-corrected chi connectivity index (χ2v) is 7.73. The molecule has 1 aromatic carbocycles. The average molecular weight is 418 g/mol. The first-order chi connectivity index (χ1) is 15.0. The number of hydrogen-bond donors (Lipinski definition) is 1. The van der Waals surface area contributed by atoms with E-state index in [1.165, 1.54) is 11.8 Å². The lowest BCUT2D eigenvalue weighted by atomic mass is 9.99. The molecular weight excluding hydrogens is 390 g/mol. The third kappa shape index (κ3) is 3.56. The van der Waals surface area contributed by atoms with Crippen molar-refractivity contribution >= 4 is 34.1 Å². The van der Waals surface area contributed by atoms with E-state index in [-0.39, 0.29) is 5.56 Å². The number of anilines is 2. The SMILES string of the molecule is CN=C/C(=C\N)c1cc2c(cn1)N(c1cc(OC)cc3c1cc(C)c(=O)n3C)CCC2. The van der Waals surface area contributed by atoms with Gasteiger partial charge in [-0.15, -0.1) is 0 Å². The average Bonchev–Trinajstić information content (AvgIpc) is 2.80. The van der Waals surface area contributed by atoms with E-state index in [2.05, 4.69) is 20.9 Å². The molecule has 0 saturated carbocycles. The lowest BCUT2D eigenvalue weighted by Crippen LogP contribution is -2.26. The van der Waals surface area contributed by atoms with Crippen LogP contribution in [0.5, 0.6) is 5.75 Å². The van der Waals surface area contributed by atoms with Crippen molar-refractivity contribution in [2.75, 3.05) is 25.6 Å². The number of nitrogens with two attached hydrogens (primary N) is 1. The first-order valence-corrected chi connectivity index (χ1v) is 10.3. The van der Waals surface area contributed by atoms with Crippen LogP contribution in [-0.4, -0.2) is 36.5 Å². The number of aryl methyl sites for hydroxylation is 3. The fraction of sp³-hybridized carbons (Fsp3) is 0.292. The molecule has 0 aliphatic carbocycles. The zero-order valence-electron chi connectivity index (χ0n) is 18.3. The number of aliphatic imine (C=N–C) groups is 1. The van der Waals surface area contributed by atoms with Crippen molar-refractivity contribution in [3.8, 4) is 5.75 Å². The molecule has 7 heteroatoms. The number of methoxy groups -OCH3 is 1. The van der Waals surface area contributed by atoms with E-state index >= 15 is 0 Å². The van der Waals surface area contributed by atoms with Gasteiger partial charge in [0.15, 0.2) is 0 Å². The van der Waals surface area contributed by atoms with Gasteiger partial charge in [-0.2, -0.15) is 0 Å². The first kappa shape index (κ1) is 20.7. The standard InChI is InChI=1S/C24H27N5O2/c1-15-8-19-21(28(3)24(15)30)10-18(31-4)11-22(19)29-7-5-6-16-9-20(27-14-23(16)29)17(12-25)13-26-2/h8-14H,5-7,25H2,1-4H3/b17-12+,26-13?. The summed E-state index contributed by atoms with van der Waals surface area (Å²) in [5.41, 5.74) is 12.2. The number of rotatable bonds is 4. The Bertz CT molecular complexity index is 1270. The number of hydrogen-bond acceptors (Lipinski definition) is 6. The zero-order valence-corrected chi connectivity index (χ0v) is 18.3. The van der Waals surface area contributed by atoms with Gasteiger partial charge in [0.1, 0.15) is 5.75 Å². The van der Waals surface area contributed by atoms with E-state index in [0.29, 0.717) is 11.3 Å². The summed E-state index contributed by atoms with van der Waals surface area (Å²) in [6.07, 6.45) is 7.11. The lowest BCUT2D eigenvalue weighted by molar-refractivity contribution is 0.415. The molecule has 2 N–H and O–H groups in total. The molecule has 7 nitrogen and oxygen atoms in total. The van der Waals surface area contributed by atoms with Crippen LogP contribution < -0.4 is 20.9 Å². The van der Waals surface area contributed by atoms with Crippen molar-refractivity contribution in [2.45, 2.75) is 19.8 Å². The molecule has 3 heterocycles. The Kier molecular flexibility index (Phi) is 5.50. The van der Waals surface area contributed by atoms with Gasteiger partial charge in [-0.25, -0.2) is 0 Å². The fourth-order valence-electron chi connectivity index (χ4n) is 4.24. The molecule has 0 amide bonds. The Morgan fingerprint density at radius 1 is 1.26 bits per heavy atom. The molecule has 2 aromatic heterocycles. The smallest absolute Gasteiger partial charge is 0.253 e. The highest BCUT2D eigenvalue weighted by Crippen LogP contribution is 2.39. The van der Waals surface area contributed by atoms with Crippen molar-refractivity contribution in [1.82, 2.24) is 9.55 Å². The molecule has 0 bridgehead atoms. The van der Waals surface area contributed by atoms with Crippen LogP contribution in [-0.2, 0) is 13.5 Å². The molecule has 0 atom stereocenters. The van der Waals surface area contributed by atoms with E-state index in [9.17, 15) is 4.79 Å². The Morgan fingerprint density at radius 3 is 2.77 bits per heavy atom. The highest BCUT2D eigenvalue weighted by atomic mass is 16.5. The third-order valence-corrected chi connectivity index (χ3v) is 5.83. The molecule has 1 aliphatic rings. The zero-order chi connectivity index (χ0) is 22.1. The number of pyridine rings is 2. The lowest BCUT2D eigenvalue weighted by Gasteiger charge is -2.32. The van der Waals surface area contributed by atoms with Crippen LogP contribution in [0.2, 0.25) is 0 Å². The van der Waals surface area contributed by atoms with Crippen molar-refractivity contribution < 1.29 is 4.74 Å². The topological polar surface area (TPSA) is 85.7 Å². The fourth-order valence-corrected chi connectivity index (χ4v) is 4.24. The maximum Gasteiger partial charge on any atom is 0.253 e. The number of aromatic nitrogens is 2. The van der Waals surface area contributed by atoms with Crippen molar-refractivity contribution in [2.24, 2.45) is 17.8 Å². The molecular formula is C24H27N5O2. The molecule has 1 aliphatic heterocycles. The van der Waals surface area contributed by atoms with E-state index in [0.717, 1.165) is 52.9 Å². The Hall–Kier alpha value is -3.61. The number of fused-ring (bicyclic) bond motifs is 2. The van der Waals surface area contributed by atoms with E-state index < -0.39 is 0 Å². The number of ether oxygens (including phenoxy) is 1. The van der Waals surface area contributed by atoms with Crippen LogP contribution in [0, 0.1) is 6.92 Å². The predicted octanol–water partition coefficient (Wildman–Crippen LogP) is 3.34. The highest BCUT2D eigenvalue weighted by Gasteiger charge is 2.23. The van der Waals surface area contributed by atoms with Gasteiger partial charge in [0.25, 0.3) is 5.56 Å². The second kappa shape index (κ2) is 8.26. The van der Waals surface area contributed by atoms with Crippen LogP contribution in [0.15, 0.2) is 46.4 Å². The first-order valence-electron chi connectivity index (χ1n) is 10.3. The van der Waals surface area contributed by atoms with E-state index in [1.807, 2.05) is 31.3 Å². The molecule has 4 rings (SSSR count). The van der Waals surface area contributed by atoms with Crippen LogP contribution >= 0.6 is 0 Å². The third-order valence-electron chi connectivity index (χ3n) is 5.83. The maximum atomic E-state index is 12.5. The number of allylic oxidation sites excluding steroid dienone is 1. The van der Waals surface area contributed by atoms with Crippen LogP contribution in [0.25, 0.3) is 16.5 Å². The molecule has 0 radical (unpaired) electrons. The predicted molar refractivity (Wildman–Crippen MR) is 127 cm³/mol. The van der Waals surface area contributed by atoms with Gasteiger partial charge in [-0.05, 0) is 37.5 Å². The Labute approximate surface area is 181 Å². The summed E-state index contributed by atoms with van der Waals surface area (Å²) in [4.78, 5) is 23.5. The molecule has 0 spiro atoms. The van der Waals surface area contributed by atoms with Crippen LogP contribution in [0.1, 0.15) is 23.2 Å². The number of nitrogens with zero attached hydrogens (tertiary/aromatic N) is 4. The van der Waals surface area contributed by atoms with Crippen molar-refractivity contribution in [3.63, 3.8) is 0 Å². The number of benzene rings is 1. The van der Waals surface area contributed by atoms with Crippen molar-refractivity contribution in [1.29, 1.82) is 0 Å². The minimum atomic E-state index is -0.00394. The summed E-state index contributed by atoms with van der Waals surface area (Å²) >= 11 is 0. The van der Waals surface area contributed by atoms with Gasteiger partial charge in [0, 0.05) is 61.7 Å².